The lowest BCUT2D eigenvalue weighted by atomic mass is 10.1. The van der Waals surface area contributed by atoms with Crippen LogP contribution < -0.4 is 5.73 Å². The monoisotopic (exact) mass is 180 g/mol. The molecule has 1 radical (unpaired) electrons. The molecule has 13 heavy (non-hydrogen) atoms. The number of carboxylic acid groups (broad SMARTS) is 2. The highest BCUT2D eigenvalue weighted by atomic mass is 16.4. The van der Waals surface area contributed by atoms with E-state index in [1.165, 1.54) is 0 Å². The summed E-state index contributed by atoms with van der Waals surface area (Å²) >= 11 is 0. The fourth-order valence-corrected chi connectivity index (χ4v) is 0.875. The van der Waals surface area contributed by atoms with Crippen LogP contribution in [0.4, 0.5) is 5.69 Å². The van der Waals surface area contributed by atoms with Crippen molar-refractivity contribution in [2.45, 2.75) is 0 Å². The van der Waals surface area contributed by atoms with Gasteiger partial charge in [0, 0.05) is 0 Å². The van der Waals surface area contributed by atoms with Crippen molar-refractivity contribution in [1.29, 1.82) is 0 Å². The molecule has 0 aliphatic rings. The van der Waals surface area contributed by atoms with Crippen molar-refractivity contribution in [3.8, 4) is 0 Å². The minimum atomic E-state index is -1.24. The van der Waals surface area contributed by atoms with Gasteiger partial charge in [-0.05, 0) is 18.2 Å². The first kappa shape index (κ1) is 9.05. The second kappa shape index (κ2) is 3.14. The molecule has 67 valence electrons. The third-order valence-electron chi connectivity index (χ3n) is 1.43. The molecule has 0 saturated heterocycles. The number of rotatable bonds is 2. The van der Waals surface area contributed by atoms with Crippen LogP contribution in [0.1, 0.15) is 20.7 Å². The van der Waals surface area contributed by atoms with E-state index in [1.807, 2.05) is 0 Å². The minimum Gasteiger partial charge on any atom is -0.478 e. The first-order valence-corrected chi connectivity index (χ1v) is 3.34. The average Bonchev–Trinajstić information content (AvgIpc) is 2.03. The highest BCUT2D eigenvalue weighted by molar-refractivity contribution is 5.95. The Kier molecular flexibility index (Phi) is 2.19. The predicted octanol–water partition coefficient (Wildman–Crippen LogP) is 0.997. The second-order valence-electron chi connectivity index (χ2n) is 2.41. The van der Waals surface area contributed by atoms with Gasteiger partial charge >= 0.3 is 11.9 Å². The molecule has 0 saturated carbocycles. The molecular formula is C8H6NO4. The largest absolute Gasteiger partial charge is 0.478 e. The summed E-state index contributed by atoms with van der Waals surface area (Å²) in [6, 6.07) is 3.20. The van der Waals surface area contributed by atoms with Gasteiger partial charge in [-0.3, -0.25) is 0 Å². The van der Waals surface area contributed by atoms with Crippen molar-refractivity contribution in [3.05, 3.63) is 29.3 Å². The van der Waals surface area contributed by atoms with Gasteiger partial charge in [-0.1, -0.05) is 0 Å². The molecule has 0 atom stereocenters. The summed E-state index contributed by atoms with van der Waals surface area (Å²) in [5, 5.41) is 17.1. The van der Waals surface area contributed by atoms with Gasteiger partial charge in [-0.15, -0.1) is 0 Å². The molecule has 0 amide bonds. The lowest BCUT2D eigenvalue weighted by molar-refractivity contribution is 0.0696. The molecule has 1 aromatic rings. The summed E-state index contributed by atoms with van der Waals surface area (Å²) in [4.78, 5) is 20.9. The normalized spacial score (nSPS) is 9.54. The van der Waals surface area contributed by atoms with Gasteiger partial charge in [0.05, 0.1) is 16.8 Å². The van der Waals surface area contributed by atoms with Crippen LogP contribution in [0.3, 0.4) is 0 Å². The van der Waals surface area contributed by atoms with E-state index in [0.717, 1.165) is 18.2 Å². The van der Waals surface area contributed by atoms with E-state index in [1.54, 1.807) is 0 Å². The van der Waals surface area contributed by atoms with Crippen LogP contribution in [-0.2, 0) is 0 Å². The van der Waals surface area contributed by atoms with E-state index < -0.39 is 11.9 Å². The molecule has 0 heterocycles. The molecule has 0 fully saturated rings. The number of carbonyl (C=O) groups is 2. The van der Waals surface area contributed by atoms with E-state index in [-0.39, 0.29) is 16.8 Å². The SMILES string of the molecule is [NH]c1cc(C(=O)O)cc(C(=O)O)c1. The average molecular weight is 180 g/mol. The van der Waals surface area contributed by atoms with Gasteiger partial charge in [-0.2, -0.15) is 0 Å². The van der Waals surface area contributed by atoms with Crippen molar-refractivity contribution in [1.82, 2.24) is 5.73 Å². The summed E-state index contributed by atoms with van der Waals surface area (Å²) in [5.41, 5.74) is 6.63. The van der Waals surface area contributed by atoms with Crippen molar-refractivity contribution in [3.63, 3.8) is 0 Å². The lowest BCUT2D eigenvalue weighted by Crippen LogP contribution is -2.02. The first-order chi connectivity index (χ1) is 6.00. The van der Waals surface area contributed by atoms with Crippen LogP contribution >= 0.6 is 0 Å². The summed E-state index contributed by atoms with van der Waals surface area (Å²) in [7, 11) is 0. The Bertz CT molecular complexity index is 340. The van der Waals surface area contributed by atoms with Crippen molar-refractivity contribution >= 4 is 17.6 Å². The summed E-state index contributed by atoms with van der Waals surface area (Å²) in [6.07, 6.45) is 0. The predicted molar refractivity (Wildman–Crippen MR) is 43.1 cm³/mol. The molecule has 0 unspecified atom stereocenters. The third kappa shape index (κ3) is 1.96. The molecule has 5 nitrogen and oxygen atoms in total. The van der Waals surface area contributed by atoms with Crippen molar-refractivity contribution < 1.29 is 19.8 Å². The summed E-state index contributed by atoms with van der Waals surface area (Å²) in [6.45, 7) is 0. The Morgan fingerprint density at radius 1 is 1.00 bits per heavy atom. The van der Waals surface area contributed by atoms with Crippen LogP contribution in [0.5, 0.6) is 0 Å². The number of nitrogens with one attached hydrogen (secondary N) is 1. The Hall–Kier alpha value is -2.04. The zero-order valence-corrected chi connectivity index (χ0v) is 6.44. The smallest absolute Gasteiger partial charge is 0.335 e. The maximum atomic E-state index is 10.5. The zero-order chi connectivity index (χ0) is 10.0. The molecule has 5 heteroatoms. The van der Waals surface area contributed by atoms with E-state index in [0.29, 0.717) is 0 Å². The Morgan fingerprint density at radius 3 is 1.69 bits per heavy atom. The van der Waals surface area contributed by atoms with Crippen LogP contribution in [0, 0.1) is 0 Å². The Morgan fingerprint density at radius 2 is 1.38 bits per heavy atom. The molecule has 0 bridgehead atoms. The van der Waals surface area contributed by atoms with E-state index in [4.69, 9.17) is 15.9 Å². The van der Waals surface area contributed by atoms with Crippen molar-refractivity contribution in [2.75, 3.05) is 0 Å². The minimum absolute atomic E-state index is 0.127. The molecule has 3 N–H and O–H groups in total. The number of benzene rings is 1. The molecule has 0 spiro atoms. The molecule has 1 rings (SSSR count). The zero-order valence-electron chi connectivity index (χ0n) is 6.44. The highest BCUT2D eigenvalue weighted by Crippen LogP contribution is 2.13. The fraction of sp³-hybridized carbons (Fsp3) is 0. The quantitative estimate of drug-likeness (QED) is 0.709. The van der Waals surface area contributed by atoms with E-state index in [2.05, 4.69) is 0 Å². The van der Waals surface area contributed by atoms with E-state index in [9.17, 15) is 9.59 Å². The molecule has 0 aliphatic heterocycles. The number of hydrogen-bond acceptors (Lipinski definition) is 2. The summed E-state index contributed by atoms with van der Waals surface area (Å²) < 4.78 is 0. The lowest BCUT2D eigenvalue weighted by Gasteiger charge is -1.99. The van der Waals surface area contributed by atoms with Gasteiger partial charge in [0.15, 0.2) is 0 Å². The highest BCUT2D eigenvalue weighted by Gasteiger charge is 2.09. The Balaban J connectivity index is 3.26. The maximum absolute atomic E-state index is 10.5. The molecule has 0 aromatic heterocycles. The number of aromatic carboxylic acids is 2. The maximum Gasteiger partial charge on any atom is 0.335 e. The third-order valence-corrected chi connectivity index (χ3v) is 1.43. The van der Waals surface area contributed by atoms with Gasteiger partial charge < -0.3 is 15.9 Å². The summed E-state index contributed by atoms with van der Waals surface area (Å²) in [5.74, 6) is -2.48. The molecule has 1 aromatic carbocycles. The van der Waals surface area contributed by atoms with Gasteiger partial charge in [0.25, 0.3) is 0 Å². The van der Waals surface area contributed by atoms with E-state index >= 15 is 0 Å². The van der Waals surface area contributed by atoms with Crippen LogP contribution in [0.15, 0.2) is 18.2 Å². The van der Waals surface area contributed by atoms with Crippen LogP contribution in [0.25, 0.3) is 0 Å². The van der Waals surface area contributed by atoms with Gasteiger partial charge in [-0.25, -0.2) is 9.59 Å². The fourth-order valence-electron chi connectivity index (χ4n) is 0.875. The number of carboxylic acids is 2. The topological polar surface area (TPSA) is 98.4 Å². The first-order valence-electron chi connectivity index (χ1n) is 3.34. The second-order valence-corrected chi connectivity index (χ2v) is 2.41. The van der Waals surface area contributed by atoms with Crippen molar-refractivity contribution in [2.24, 2.45) is 0 Å². The van der Waals surface area contributed by atoms with Crippen LogP contribution in [-0.4, -0.2) is 22.2 Å². The van der Waals surface area contributed by atoms with Crippen LogP contribution in [0.2, 0.25) is 0 Å². The molecule has 0 aliphatic carbocycles. The molecular weight excluding hydrogens is 174 g/mol. The number of hydrogen-bond donors (Lipinski definition) is 2. The standard InChI is InChI=1S/C8H6NO4/c9-6-2-4(7(10)11)1-5(3-6)8(12)13/h1-3,9H,(H,10,11)(H,12,13). The Labute approximate surface area is 73.4 Å². The van der Waals surface area contributed by atoms with Gasteiger partial charge in [0.2, 0.25) is 0 Å². The van der Waals surface area contributed by atoms with Gasteiger partial charge in [0.1, 0.15) is 0 Å².